The summed E-state index contributed by atoms with van der Waals surface area (Å²) in [6, 6.07) is 4.26. The van der Waals surface area contributed by atoms with E-state index in [0.29, 0.717) is 0 Å². The molecule has 0 saturated carbocycles. The van der Waals surface area contributed by atoms with Crippen LogP contribution >= 0.6 is 0 Å². The molecular formula is C12H18N2. The van der Waals surface area contributed by atoms with Crippen molar-refractivity contribution in [2.45, 2.75) is 32.2 Å². The fraction of sp³-hybridized carbons (Fsp3) is 0.417. The normalized spacial score (nSPS) is 12.4. The van der Waals surface area contributed by atoms with E-state index in [4.69, 9.17) is 5.73 Å². The van der Waals surface area contributed by atoms with Crippen molar-refractivity contribution in [1.82, 2.24) is 4.98 Å². The molecule has 0 fully saturated rings. The molecule has 0 bridgehead atoms. The minimum atomic E-state index is 0.231. The Morgan fingerprint density at radius 2 is 2.14 bits per heavy atom. The van der Waals surface area contributed by atoms with Gasteiger partial charge in [0.15, 0.2) is 0 Å². The van der Waals surface area contributed by atoms with Gasteiger partial charge in [0.2, 0.25) is 0 Å². The van der Waals surface area contributed by atoms with Crippen LogP contribution in [-0.4, -0.2) is 11.0 Å². The fourth-order valence-corrected chi connectivity index (χ4v) is 1.36. The second-order valence-corrected chi connectivity index (χ2v) is 3.82. The van der Waals surface area contributed by atoms with Crippen LogP contribution in [0.25, 0.3) is 0 Å². The zero-order valence-electron chi connectivity index (χ0n) is 8.74. The number of hydrogen-bond donors (Lipinski definition) is 1. The third kappa shape index (κ3) is 4.19. The number of pyridine rings is 1. The molecule has 0 aromatic carbocycles. The minimum Gasteiger partial charge on any atom is -0.327 e. The van der Waals surface area contributed by atoms with E-state index >= 15 is 0 Å². The van der Waals surface area contributed by atoms with E-state index in [2.05, 4.69) is 11.6 Å². The Kier molecular flexibility index (Phi) is 4.33. The zero-order valence-corrected chi connectivity index (χ0v) is 8.74. The third-order valence-electron chi connectivity index (χ3n) is 2.19. The number of aromatic nitrogens is 1. The smallest absolute Gasteiger partial charge is 0.0270 e. The van der Waals surface area contributed by atoms with Gasteiger partial charge in [-0.05, 0) is 43.9 Å². The van der Waals surface area contributed by atoms with E-state index < -0.39 is 0 Å². The fourth-order valence-electron chi connectivity index (χ4n) is 1.36. The molecule has 1 rings (SSSR count). The van der Waals surface area contributed by atoms with Gasteiger partial charge >= 0.3 is 0 Å². The monoisotopic (exact) mass is 190 g/mol. The average molecular weight is 190 g/mol. The van der Waals surface area contributed by atoms with Crippen molar-refractivity contribution in [2.24, 2.45) is 5.73 Å². The van der Waals surface area contributed by atoms with E-state index in [1.165, 1.54) is 11.1 Å². The molecule has 0 radical (unpaired) electrons. The molecule has 1 atom stereocenters. The summed E-state index contributed by atoms with van der Waals surface area (Å²) in [5, 5.41) is 0. The highest BCUT2D eigenvalue weighted by molar-refractivity contribution is 5.11. The van der Waals surface area contributed by atoms with Crippen LogP contribution in [0.2, 0.25) is 0 Å². The molecule has 76 valence electrons. The molecule has 0 amide bonds. The van der Waals surface area contributed by atoms with Gasteiger partial charge < -0.3 is 5.73 Å². The molecule has 2 N–H and O–H groups in total. The van der Waals surface area contributed by atoms with Crippen molar-refractivity contribution >= 4 is 0 Å². The topological polar surface area (TPSA) is 38.9 Å². The first-order valence-electron chi connectivity index (χ1n) is 4.97. The molecule has 0 aliphatic carbocycles. The van der Waals surface area contributed by atoms with Gasteiger partial charge in [0.05, 0.1) is 0 Å². The van der Waals surface area contributed by atoms with E-state index in [1.54, 1.807) is 12.4 Å². The summed E-state index contributed by atoms with van der Waals surface area (Å²) in [5.74, 6) is 0. The van der Waals surface area contributed by atoms with Crippen LogP contribution in [0.5, 0.6) is 0 Å². The largest absolute Gasteiger partial charge is 0.327 e. The van der Waals surface area contributed by atoms with Crippen LogP contribution in [0.4, 0.5) is 0 Å². The summed E-state index contributed by atoms with van der Waals surface area (Å²) >= 11 is 0. The van der Waals surface area contributed by atoms with Crippen molar-refractivity contribution in [1.29, 1.82) is 0 Å². The molecule has 0 spiro atoms. The lowest BCUT2D eigenvalue weighted by Gasteiger charge is -2.10. The predicted octanol–water partition coefficient (Wildman–Crippen LogP) is 2.31. The van der Waals surface area contributed by atoms with E-state index in [9.17, 15) is 0 Å². The molecule has 0 aliphatic rings. The van der Waals surface area contributed by atoms with Crippen molar-refractivity contribution in [3.05, 3.63) is 42.2 Å². The highest BCUT2D eigenvalue weighted by Crippen LogP contribution is 2.07. The standard InChI is InChI=1S/C12H18N2/c1-10(2)3-4-12(13)9-11-5-7-14-8-6-11/h5-8,12H,1,3-4,9,13H2,2H3. The Labute approximate surface area is 85.9 Å². The molecule has 1 aromatic rings. The summed E-state index contributed by atoms with van der Waals surface area (Å²) in [6.45, 7) is 5.91. The minimum absolute atomic E-state index is 0.231. The third-order valence-corrected chi connectivity index (χ3v) is 2.19. The first-order valence-corrected chi connectivity index (χ1v) is 4.97. The van der Waals surface area contributed by atoms with Crippen molar-refractivity contribution in [3.63, 3.8) is 0 Å². The Hall–Kier alpha value is -1.15. The molecule has 1 aromatic heterocycles. The summed E-state index contributed by atoms with van der Waals surface area (Å²) in [4.78, 5) is 3.97. The second-order valence-electron chi connectivity index (χ2n) is 3.82. The summed E-state index contributed by atoms with van der Waals surface area (Å²) in [7, 11) is 0. The van der Waals surface area contributed by atoms with Gasteiger partial charge in [0, 0.05) is 18.4 Å². The van der Waals surface area contributed by atoms with E-state index in [0.717, 1.165) is 19.3 Å². The molecule has 1 unspecified atom stereocenters. The summed E-state index contributed by atoms with van der Waals surface area (Å²) < 4.78 is 0. The summed E-state index contributed by atoms with van der Waals surface area (Å²) in [5.41, 5.74) is 8.45. The van der Waals surface area contributed by atoms with Crippen molar-refractivity contribution in [2.75, 3.05) is 0 Å². The maximum Gasteiger partial charge on any atom is 0.0270 e. The van der Waals surface area contributed by atoms with Gasteiger partial charge in [0.1, 0.15) is 0 Å². The Morgan fingerprint density at radius 1 is 1.50 bits per heavy atom. The number of allylic oxidation sites excluding steroid dienone is 1. The maximum atomic E-state index is 5.99. The molecule has 2 heteroatoms. The molecule has 0 saturated heterocycles. The molecule has 0 aliphatic heterocycles. The van der Waals surface area contributed by atoms with Crippen LogP contribution in [-0.2, 0) is 6.42 Å². The van der Waals surface area contributed by atoms with Gasteiger partial charge in [-0.15, -0.1) is 6.58 Å². The van der Waals surface area contributed by atoms with Crippen LogP contribution in [0.3, 0.4) is 0 Å². The Morgan fingerprint density at radius 3 is 2.71 bits per heavy atom. The Bertz CT molecular complexity index is 280. The van der Waals surface area contributed by atoms with Crippen molar-refractivity contribution < 1.29 is 0 Å². The quantitative estimate of drug-likeness (QED) is 0.724. The van der Waals surface area contributed by atoms with Crippen LogP contribution < -0.4 is 5.73 Å². The van der Waals surface area contributed by atoms with Crippen LogP contribution in [0.15, 0.2) is 36.7 Å². The van der Waals surface area contributed by atoms with Gasteiger partial charge in [-0.25, -0.2) is 0 Å². The SMILES string of the molecule is C=C(C)CCC(N)Cc1ccncc1. The second kappa shape index (κ2) is 5.55. The lowest BCUT2D eigenvalue weighted by atomic mass is 10.0. The highest BCUT2D eigenvalue weighted by Gasteiger charge is 2.03. The highest BCUT2D eigenvalue weighted by atomic mass is 14.6. The zero-order chi connectivity index (χ0) is 10.4. The van der Waals surface area contributed by atoms with Gasteiger partial charge in [0.25, 0.3) is 0 Å². The summed E-state index contributed by atoms with van der Waals surface area (Å²) in [6.07, 6.45) is 6.57. The number of nitrogens with zero attached hydrogens (tertiary/aromatic N) is 1. The lowest BCUT2D eigenvalue weighted by molar-refractivity contribution is 0.608. The van der Waals surface area contributed by atoms with E-state index in [1.807, 2.05) is 19.1 Å². The van der Waals surface area contributed by atoms with Gasteiger partial charge in [-0.1, -0.05) is 5.57 Å². The lowest BCUT2D eigenvalue weighted by Crippen LogP contribution is -2.22. The van der Waals surface area contributed by atoms with Crippen molar-refractivity contribution in [3.8, 4) is 0 Å². The van der Waals surface area contributed by atoms with E-state index in [-0.39, 0.29) is 6.04 Å². The molecular weight excluding hydrogens is 172 g/mol. The van der Waals surface area contributed by atoms with Gasteiger partial charge in [-0.2, -0.15) is 0 Å². The molecule has 1 heterocycles. The number of hydrogen-bond acceptors (Lipinski definition) is 2. The van der Waals surface area contributed by atoms with Crippen LogP contribution in [0, 0.1) is 0 Å². The average Bonchev–Trinajstić information content (AvgIpc) is 2.16. The molecule has 2 nitrogen and oxygen atoms in total. The molecule has 14 heavy (non-hydrogen) atoms. The Balaban J connectivity index is 2.34. The number of nitrogens with two attached hydrogens (primary N) is 1. The predicted molar refractivity (Wildman–Crippen MR) is 60.0 cm³/mol. The maximum absolute atomic E-state index is 5.99. The first kappa shape index (κ1) is 10.9. The first-order chi connectivity index (χ1) is 6.68. The van der Waals surface area contributed by atoms with Crippen LogP contribution in [0.1, 0.15) is 25.3 Å². The van der Waals surface area contributed by atoms with Gasteiger partial charge in [-0.3, -0.25) is 4.98 Å². The number of rotatable bonds is 5.